The van der Waals surface area contributed by atoms with E-state index in [1.807, 2.05) is 133 Å². The average molecular weight is 849 g/mol. The van der Waals surface area contributed by atoms with Crippen molar-refractivity contribution >= 4 is 42.3 Å². The number of thiophene rings is 1. The molecule has 0 aliphatic rings. The Morgan fingerprint density at radius 1 is 0.246 bits per heavy atom. The van der Waals surface area contributed by atoms with E-state index >= 15 is 0 Å². The van der Waals surface area contributed by atoms with Crippen LogP contribution in [0, 0.1) is 0 Å². The normalized spacial score (nSPS) is 11.4. The summed E-state index contributed by atoms with van der Waals surface area (Å²) in [6, 6.07) is 75.2. The van der Waals surface area contributed by atoms with Crippen LogP contribution in [0.25, 0.3) is 122 Å². The molecule has 12 aromatic rings. The molecular formula is C58H36N6S. The number of benzene rings is 9. The summed E-state index contributed by atoms with van der Waals surface area (Å²) in [6.45, 7) is 0. The second kappa shape index (κ2) is 16.3. The first-order valence-corrected chi connectivity index (χ1v) is 22.4. The highest BCUT2D eigenvalue weighted by atomic mass is 32.1. The highest BCUT2D eigenvalue weighted by Gasteiger charge is 2.23. The maximum Gasteiger partial charge on any atom is 0.164 e. The van der Waals surface area contributed by atoms with E-state index in [1.54, 1.807) is 0 Å². The molecule has 3 heterocycles. The van der Waals surface area contributed by atoms with E-state index < -0.39 is 0 Å². The fourth-order valence-corrected chi connectivity index (χ4v) is 10.1. The summed E-state index contributed by atoms with van der Waals surface area (Å²) in [5.41, 5.74) is 9.93. The highest BCUT2D eigenvalue weighted by molar-refractivity contribution is 7.27. The molecule has 0 atom stereocenters. The Balaban J connectivity index is 1.08. The summed E-state index contributed by atoms with van der Waals surface area (Å²) in [4.78, 5) is 30.7. The zero-order valence-corrected chi connectivity index (χ0v) is 35.7. The van der Waals surface area contributed by atoms with Gasteiger partial charge in [-0.05, 0) is 28.0 Å². The van der Waals surface area contributed by atoms with Crippen LogP contribution in [0.2, 0.25) is 0 Å². The molecule has 0 aliphatic heterocycles. The van der Waals surface area contributed by atoms with Crippen molar-refractivity contribution in [2.75, 3.05) is 0 Å². The molecule has 0 bridgehead atoms. The van der Waals surface area contributed by atoms with Crippen LogP contribution in [-0.4, -0.2) is 29.9 Å². The van der Waals surface area contributed by atoms with Crippen LogP contribution in [0.5, 0.6) is 0 Å². The highest BCUT2D eigenvalue weighted by Crippen LogP contribution is 2.49. The molecule has 0 unspecified atom stereocenters. The first-order valence-electron chi connectivity index (χ1n) is 21.5. The predicted octanol–water partition coefficient (Wildman–Crippen LogP) is 14.9. The summed E-state index contributed by atoms with van der Waals surface area (Å²) in [5.74, 6) is 3.75. The molecule has 0 fully saturated rings. The summed E-state index contributed by atoms with van der Waals surface area (Å²) in [6.07, 6.45) is 0. The predicted molar refractivity (Wildman–Crippen MR) is 267 cm³/mol. The van der Waals surface area contributed by atoms with E-state index in [2.05, 4.69) is 97.1 Å². The standard InChI is InChI=1S/C58H36N6S/c1-5-20-37(21-6-1)53-59-54(38-22-7-2-8-23-38)62-57(61-53)46-32-17-15-30-43(46)45-34-19-35-48-50-42-29-14-13-28-41(42)36-49(52(50)65-51(45)48)44-31-16-18-33-47(44)58-63-55(39-24-9-3-10-25-39)60-56(64-58)40-26-11-4-12-27-40/h1-36H. The smallest absolute Gasteiger partial charge is 0.164 e. The van der Waals surface area contributed by atoms with Gasteiger partial charge in [0.15, 0.2) is 34.9 Å². The molecule has 0 spiro atoms. The summed E-state index contributed by atoms with van der Waals surface area (Å²) >= 11 is 1.82. The van der Waals surface area contributed by atoms with E-state index in [9.17, 15) is 0 Å². The maximum atomic E-state index is 5.18. The van der Waals surface area contributed by atoms with Gasteiger partial charge in [-0.2, -0.15) is 0 Å². The van der Waals surface area contributed by atoms with E-state index in [0.717, 1.165) is 61.0 Å². The minimum absolute atomic E-state index is 0.618. The molecule has 9 aromatic carbocycles. The van der Waals surface area contributed by atoms with Crippen LogP contribution >= 0.6 is 11.3 Å². The topological polar surface area (TPSA) is 77.3 Å². The third kappa shape index (κ3) is 7.01. The average Bonchev–Trinajstić information content (AvgIpc) is 3.80. The number of aromatic nitrogens is 6. The van der Waals surface area contributed by atoms with Gasteiger partial charge in [-0.15, -0.1) is 11.3 Å². The third-order valence-corrected chi connectivity index (χ3v) is 13.1. The van der Waals surface area contributed by atoms with Gasteiger partial charge in [-0.1, -0.05) is 212 Å². The van der Waals surface area contributed by atoms with Gasteiger partial charge in [-0.3, -0.25) is 0 Å². The number of hydrogen-bond donors (Lipinski definition) is 0. The van der Waals surface area contributed by atoms with Crippen LogP contribution < -0.4 is 0 Å². The van der Waals surface area contributed by atoms with Crippen molar-refractivity contribution in [3.05, 3.63) is 218 Å². The second-order valence-electron chi connectivity index (χ2n) is 15.8. The molecule has 3 aromatic heterocycles. The number of fused-ring (bicyclic) bond motifs is 5. The Bertz CT molecular complexity index is 3590. The summed E-state index contributed by atoms with van der Waals surface area (Å²) in [5, 5.41) is 4.77. The quantitative estimate of drug-likeness (QED) is 0.152. The lowest BCUT2D eigenvalue weighted by Crippen LogP contribution is -2.01. The van der Waals surface area contributed by atoms with Crippen LogP contribution in [0.3, 0.4) is 0 Å². The second-order valence-corrected chi connectivity index (χ2v) is 16.8. The van der Waals surface area contributed by atoms with Crippen molar-refractivity contribution < 1.29 is 0 Å². The van der Waals surface area contributed by atoms with Crippen molar-refractivity contribution in [3.63, 3.8) is 0 Å². The SMILES string of the molecule is c1ccc(-c2nc(-c3ccccc3)nc(-c3ccccc3-c3cccc4c3sc3c(-c5ccccc5-c5nc(-c6ccccc6)nc(-c6ccccc6)n5)cc5ccccc5c34)n2)cc1. The Morgan fingerprint density at radius 3 is 1.08 bits per heavy atom. The first kappa shape index (κ1) is 38.2. The Labute approximate surface area is 379 Å². The van der Waals surface area contributed by atoms with Crippen LogP contribution in [0.1, 0.15) is 0 Å². The van der Waals surface area contributed by atoms with Gasteiger partial charge in [0.2, 0.25) is 0 Å². The Morgan fingerprint density at radius 2 is 0.600 bits per heavy atom. The molecule has 0 saturated carbocycles. The van der Waals surface area contributed by atoms with Crippen LogP contribution in [0.4, 0.5) is 0 Å². The van der Waals surface area contributed by atoms with E-state index in [0.29, 0.717) is 34.9 Å². The van der Waals surface area contributed by atoms with Crippen molar-refractivity contribution in [2.45, 2.75) is 0 Å². The molecule has 12 rings (SSSR count). The monoisotopic (exact) mass is 848 g/mol. The van der Waals surface area contributed by atoms with Crippen molar-refractivity contribution in [1.82, 2.24) is 29.9 Å². The van der Waals surface area contributed by atoms with Crippen LogP contribution in [0.15, 0.2) is 218 Å². The Hall–Kier alpha value is -8.52. The fraction of sp³-hybridized carbons (Fsp3) is 0. The van der Waals surface area contributed by atoms with Gasteiger partial charge >= 0.3 is 0 Å². The summed E-state index contributed by atoms with van der Waals surface area (Å²) in [7, 11) is 0. The van der Waals surface area contributed by atoms with Gasteiger partial charge in [0.05, 0.1) is 0 Å². The Kier molecular flexibility index (Phi) is 9.58. The first-order chi connectivity index (χ1) is 32.2. The van der Waals surface area contributed by atoms with Gasteiger partial charge in [0.1, 0.15) is 0 Å². The van der Waals surface area contributed by atoms with Crippen molar-refractivity contribution in [1.29, 1.82) is 0 Å². The van der Waals surface area contributed by atoms with E-state index in [4.69, 9.17) is 29.9 Å². The number of hydrogen-bond acceptors (Lipinski definition) is 7. The van der Waals surface area contributed by atoms with Gasteiger partial charge < -0.3 is 0 Å². The van der Waals surface area contributed by atoms with Gasteiger partial charge in [-0.25, -0.2) is 29.9 Å². The fourth-order valence-electron chi connectivity index (χ4n) is 8.74. The number of rotatable bonds is 8. The molecule has 7 heteroatoms. The van der Waals surface area contributed by atoms with Crippen molar-refractivity contribution in [2.24, 2.45) is 0 Å². The minimum Gasteiger partial charge on any atom is -0.208 e. The molecule has 6 nitrogen and oxygen atoms in total. The van der Waals surface area contributed by atoms with Gasteiger partial charge in [0.25, 0.3) is 0 Å². The molecular weight excluding hydrogens is 813 g/mol. The molecule has 0 aliphatic carbocycles. The van der Waals surface area contributed by atoms with Gasteiger partial charge in [0, 0.05) is 64.7 Å². The largest absolute Gasteiger partial charge is 0.208 e. The van der Waals surface area contributed by atoms with Crippen LogP contribution in [-0.2, 0) is 0 Å². The molecule has 0 amide bonds. The lowest BCUT2D eigenvalue weighted by Gasteiger charge is -2.14. The van der Waals surface area contributed by atoms with E-state index in [1.165, 1.54) is 25.6 Å². The lowest BCUT2D eigenvalue weighted by molar-refractivity contribution is 1.07. The minimum atomic E-state index is 0.618. The third-order valence-electron chi connectivity index (χ3n) is 11.8. The summed E-state index contributed by atoms with van der Waals surface area (Å²) < 4.78 is 2.37. The molecule has 304 valence electrons. The van der Waals surface area contributed by atoms with E-state index in [-0.39, 0.29) is 0 Å². The molecule has 65 heavy (non-hydrogen) atoms. The maximum absolute atomic E-state index is 5.18. The molecule has 0 radical (unpaired) electrons. The van der Waals surface area contributed by atoms with Crippen molar-refractivity contribution in [3.8, 4) is 90.6 Å². The zero-order chi connectivity index (χ0) is 43.1. The molecule has 0 saturated heterocycles. The molecule has 0 N–H and O–H groups in total. The zero-order valence-electron chi connectivity index (χ0n) is 34.9. The lowest BCUT2D eigenvalue weighted by atomic mass is 9.92. The number of nitrogens with zero attached hydrogens (tertiary/aromatic N) is 6.